The van der Waals surface area contributed by atoms with E-state index in [9.17, 15) is 9.59 Å². The lowest BCUT2D eigenvalue weighted by Gasteiger charge is -2.36. The minimum absolute atomic E-state index is 0.0188. The number of benzene rings is 2. The van der Waals surface area contributed by atoms with E-state index in [1.165, 1.54) is 0 Å². The number of nitrogens with zero attached hydrogens (tertiary/aromatic N) is 4. The Balaban J connectivity index is 1.20. The van der Waals surface area contributed by atoms with E-state index in [2.05, 4.69) is 25.7 Å². The summed E-state index contributed by atoms with van der Waals surface area (Å²) in [6, 6.07) is 18.8. The first-order valence-corrected chi connectivity index (χ1v) is 11.1. The summed E-state index contributed by atoms with van der Waals surface area (Å²) < 4.78 is 5.50. The predicted molar refractivity (Wildman–Crippen MR) is 123 cm³/mol. The number of carbonyl (C=O) groups is 2. The lowest BCUT2D eigenvalue weighted by molar-refractivity contribution is -0.121. The van der Waals surface area contributed by atoms with Crippen LogP contribution in [0.3, 0.4) is 0 Å². The van der Waals surface area contributed by atoms with Crippen molar-refractivity contribution < 1.29 is 14.1 Å². The first-order chi connectivity index (χ1) is 16.1. The van der Waals surface area contributed by atoms with Gasteiger partial charge in [-0.1, -0.05) is 65.8 Å². The molecule has 1 atom stereocenters. The van der Waals surface area contributed by atoms with Crippen LogP contribution in [0.1, 0.15) is 24.4 Å². The molecular formula is C24H28N6O3. The predicted octanol–water partition coefficient (Wildman–Crippen LogP) is 2.44. The average Bonchev–Trinajstić information content (AvgIpc) is 3.34. The number of nitrogens with one attached hydrogen (secondary N) is 2. The van der Waals surface area contributed by atoms with Crippen molar-refractivity contribution in [3.63, 3.8) is 0 Å². The second-order valence-corrected chi connectivity index (χ2v) is 8.03. The summed E-state index contributed by atoms with van der Waals surface area (Å²) in [6.45, 7) is 5.54. The second kappa shape index (κ2) is 10.8. The standard InChI is InChI=1S/C24H28N6O3/c1-18(23-27-22(28-33-23)20-10-6-3-7-11-20)30-14-12-29(13-15-30)17-21(31)26-24(32)25-16-19-8-4-2-5-9-19/h2-11,18H,12-17H2,1H3,(H2,25,26,31,32). The monoisotopic (exact) mass is 448 g/mol. The number of carbonyl (C=O) groups excluding carboxylic acids is 2. The van der Waals surface area contributed by atoms with E-state index in [1.54, 1.807) is 0 Å². The van der Waals surface area contributed by atoms with E-state index in [4.69, 9.17) is 4.52 Å². The van der Waals surface area contributed by atoms with Crippen LogP contribution in [0.15, 0.2) is 65.2 Å². The quantitative estimate of drug-likeness (QED) is 0.572. The number of aromatic nitrogens is 2. The molecule has 1 saturated heterocycles. The zero-order valence-corrected chi connectivity index (χ0v) is 18.6. The Labute approximate surface area is 192 Å². The van der Waals surface area contributed by atoms with Crippen molar-refractivity contribution in [1.82, 2.24) is 30.6 Å². The van der Waals surface area contributed by atoms with Gasteiger partial charge in [-0.15, -0.1) is 0 Å². The Hall–Kier alpha value is -3.56. The fourth-order valence-corrected chi connectivity index (χ4v) is 3.77. The maximum absolute atomic E-state index is 12.2. The molecule has 33 heavy (non-hydrogen) atoms. The van der Waals surface area contributed by atoms with E-state index >= 15 is 0 Å². The van der Waals surface area contributed by atoms with Crippen LogP contribution in [0.25, 0.3) is 11.4 Å². The lowest BCUT2D eigenvalue weighted by Crippen LogP contribution is -2.51. The Bertz CT molecular complexity index is 1050. The normalized spacial score (nSPS) is 15.7. The smallest absolute Gasteiger partial charge is 0.321 e. The highest BCUT2D eigenvalue weighted by atomic mass is 16.5. The molecule has 0 spiro atoms. The van der Waals surface area contributed by atoms with Gasteiger partial charge in [-0.25, -0.2) is 4.79 Å². The number of imide groups is 1. The summed E-state index contributed by atoms with van der Waals surface area (Å²) in [6.07, 6.45) is 0. The molecule has 0 bridgehead atoms. The van der Waals surface area contributed by atoms with Crippen LogP contribution in [0.2, 0.25) is 0 Å². The zero-order valence-electron chi connectivity index (χ0n) is 18.6. The van der Waals surface area contributed by atoms with E-state index in [-0.39, 0.29) is 18.5 Å². The molecule has 3 amide bonds. The average molecular weight is 449 g/mol. The van der Waals surface area contributed by atoms with Gasteiger partial charge in [0.2, 0.25) is 17.6 Å². The molecule has 1 unspecified atom stereocenters. The first kappa shape index (κ1) is 22.6. The van der Waals surface area contributed by atoms with Crippen molar-refractivity contribution in [2.75, 3.05) is 32.7 Å². The molecule has 3 aromatic rings. The molecule has 1 aromatic heterocycles. The molecule has 2 N–H and O–H groups in total. The molecule has 0 radical (unpaired) electrons. The largest absolute Gasteiger partial charge is 0.337 e. The van der Waals surface area contributed by atoms with Crippen molar-refractivity contribution in [2.45, 2.75) is 19.5 Å². The third-order valence-electron chi connectivity index (χ3n) is 5.70. The minimum atomic E-state index is -0.485. The third-order valence-corrected chi connectivity index (χ3v) is 5.70. The fraction of sp³-hybridized carbons (Fsp3) is 0.333. The van der Waals surface area contributed by atoms with Crippen LogP contribution in [-0.4, -0.2) is 64.6 Å². The molecule has 9 nitrogen and oxygen atoms in total. The van der Waals surface area contributed by atoms with Crippen molar-refractivity contribution in [2.24, 2.45) is 0 Å². The maximum Gasteiger partial charge on any atom is 0.321 e. The Morgan fingerprint density at radius 2 is 1.67 bits per heavy atom. The maximum atomic E-state index is 12.2. The van der Waals surface area contributed by atoms with Gasteiger partial charge in [0, 0.05) is 38.3 Å². The molecular weight excluding hydrogens is 420 g/mol. The van der Waals surface area contributed by atoms with Gasteiger partial charge in [0.1, 0.15) is 0 Å². The molecule has 2 aromatic carbocycles. The van der Waals surface area contributed by atoms with Gasteiger partial charge >= 0.3 is 6.03 Å². The third kappa shape index (κ3) is 6.24. The molecule has 172 valence electrons. The van der Waals surface area contributed by atoms with Crippen LogP contribution < -0.4 is 10.6 Å². The van der Waals surface area contributed by atoms with Gasteiger partial charge in [-0.3, -0.25) is 19.9 Å². The number of rotatable bonds is 7. The fourth-order valence-electron chi connectivity index (χ4n) is 3.77. The van der Waals surface area contributed by atoms with Crippen LogP contribution in [0, 0.1) is 0 Å². The number of urea groups is 1. The second-order valence-electron chi connectivity index (χ2n) is 8.03. The topological polar surface area (TPSA) is 104 Å². The molecule has 1 aliphatic heterocycles. The van der Waals surface area contributed by atoms with Crippen molar-refractivity contribution in [1.29, 1.82) is 0 Å². The van der Waals surface area contributed by atoms with E-state index in [1.807, 2.05) is 72.5 Å². The van der Waals surface area contributed by atoms with Gasteiger partial charge in [-0.2, -0.15) is 4.98 Å². The van der Waals surface area contributed by atoms with Crippen molar-refractivity contribution in [3.8, 4) is 11.4 Å². The molecule has 2 heterocycles. The Morgan fingerprint density at radius 1 is 1.00 bits per heavy atom. The van der Waals surface area contributed by atoms with Gasteiger partial charge in [0.15, 0.2) is 0 Å². The van der Waals surface area contributed by atoms with Crippen LogP contribution in [0.4, 0.5) is 4.79 Å². The van der Waals surface area contributed by atoms with E-state index in [0.717, 1.165) is 24.2 Å². The summed E-state index contributed by atoms with van der Waals surface area (Å²) in [4.78, 5) is 33.1. The van der Waals surface area contributed by atoms with E-state index < -0.39 is 6.03 Å². The van der Waals surface area contributed by atoms with Gasteiger partial charge < -0.3 is 9.84 Å². The van der Waals surface area contributed by atoms with Crippen LogP contribution >= 0.6 is 0 Å². The highest BCUT2D eigenvalue weighted by Crippen LogP contribution is 2.23. The SMILES string of the molecule is CC(c1nc(-c2ccccc2)no1)N1CCN(CC(=O)NC(=O)NCc2ccccc2)CC1. The number of piperazine rings is 1. The zero-order chi connectivity index (χ0) is 23.0. The van der Waals surface area contributed by atoms with Crippen molar-refractivity contribution in [3.05, 3.63) is 72.1 Å². The van der Waals surface area contributed by atoms with Crippen LogP contribution in [-0.2, 0) is 11.3 Å². The van der Waals surface area contributed by atoms with Gasteiger partial charge in [0.05, 0.1) is 12.6 Å². The number of hydrogen-bond acceptors (Lipinski definition) is 7. The molecule has 1 aliphatic rings. The number of hydrogen-bond donors (Lipinski definition) is 2. The lowest BCUT2D eigenvalue weighted by atomic mass is 10.2. The highest BCUT2D eigenvalue weighted by molar-refractivity contribution is 5.95. The van der Waals surface area contributed by atoms with Crippen LogP contribution in [0.5, 0.6) is 0 Å². The molecule has 0 saturated carbocycles. The van der Waals surface area contributed by atoms with Gasteiger partial charge in [-0.05, 0) is 12.5 Å². The Morgan fingerprint density at radius 3 is 2.36 bits per heavy atom. The summed E-state index contributed by atoms with van der Waals surface area (Å²) in [7, 11) is 0. The van der Waals surface area contributed by atoms with E-state index in [0.29, 0.717) is 31.3 Å². The van der Waals surface area contributed by atoms with Crippen molar-refractivity contribution >= 4 is 11.9 Å². The number of amides is 3. The molecule has 1 fully saturated rings. The summed E-state index contributed by atoms with van der Waals surface area (Å²) >= 11 is 0. The highest BCUT2D eigenvalue weighted by Gasteiger charge is 2.27. The molecule has 0 aliphatic carbocycles. The summed E-state index contributed by atoms with van der Waals surface area (Å²) in [5, 5.41) is 9.20. The molecule has 4 rings (SSSR count). The Kier molecular flexibility index (Phi) is 7.43. The summed E-state index contributed by atoms with van der Waals surface area (Å²) in [5.74, 6) is 0.847. The minimum Gasteiger partial charge on any atom is -0.337 e. The molecule has 9 heteroatoms. The first-order valence-electron chi connectivity index (χ1n) is 11.1. The summed E-state index contributed by atoms with van der Waals surface area (Å²) in [5.41, 5.74) is 1.89. The van der Waals surface area contributed by atoms with Gasteiger partial charge in [0.25, 0.3) is 0 Å².